The van der Waals surface area contributed by atoms with Gasteiger partial charge in [-0.05, 0) is 36.8 Å². The van der Waals surface area contributed by atoms with Gasteiger partial charge >= 0.3 is 0 Å². The fourth-order valence-electron chi connectivity index (χ4n) is 3.13. The molecule has 0 saturated carbocycles. The average Bonchev–Trinajstić information content (AvgIpc) is 3.33. The maximum absolute atomic E-state index is 12.7. The number of hydrazone groups is 1. The molecule has 2 aromatic carbocycles. The maximum atomic E-state index is 12.7. The summed E-state index contributed by atoms with van der Waals surface area (Å²) in [6.07, 6.45) is 5.22. The first-order valence-corrected chi connectivity index (χ1v) is 11.4. The molecule has 0 spiro atoms. The lowest BCUT2D eigenvalue weighted by atomic mass is 10.1. The molecule has 0 radical (unpaired) electrons. The van der Waals surface area contributed by atoms with E-state index in [1.807, 2.05) is 35.0 Å². The van der Waals surface area contributed by atoms with Gasteiger partial charge in [0, 0.05) is 37.2 Å². The van der Waals surface area contributed by atoms with Crippen LogP contribution in [-0.2, 0) is 10.0 Å². The van der Waals surface area contributed by atoms with E-state index in [2.05, 4.69) is 15.5 Å². The molecule has 10 nitrogen and oxygen atoms in total. The second kappa shape index (κ2) is 9.71. The Bertz CT molecular complexity index is 1220. The smallest absolute Gasteiger partial charge is 0.295 e. The van der Waals surface area contributed by atoms with Gasteiger partial charge < -0.3 is 4.57 Å². The zero-order valence-electron chi connectivity index (χ0n) is 18.0. The summed E-state index contributed by atoms with van der Waals surface area (Å²) in [5.74, 6) is 0. The van der Waals surface area contributed by atoms with E-state index in [1.54, 1.807) is 33.3 Å². The van der Waals surface area contributed by atoms with Gasteiger partial charge in [0.1, 0.15) is 5.69 Å². The number of benzene rings is 2. The third kappa shape index (κ3) is 4.84. The van der Waals surface area contributed by atoms with Crippen molar-refractivity contribution in [2.75, 3.05) is 18.5 Å². The zero-order chi connectivity index (χ0) is 23.3. The molecule has 0 fully saturated rings. The van der Waals surface area contributed by atoms with Crippen molar-refractivity contribution >= 4 is 27.1 Å². The molecule has 3 aromatic rings. The highest BCUT2D eigenvalue weighted by atomic mass is 32.2. The number of nitrogens with zero attached hydrogens (tertiary/aromatic N) is 5. The van der Waals surface area contributed by atoms with Gasteiger partial charge in [-0.1, -0.05) is 26.0 Å². The van der Waals surface area contributed by atoms with Crippen LogP contribution in [0.2, 0.25) is 0 Å². The summed E-state index contributed by atoms with van der Waals surface area (Å²) < 4.78 is 28.5. The van der Waals surface area contributed by atoms with Crippen LogP contribution in [0.3, 0.4) is 0 Å². The molecule has 1 N–H and O–H groups in total. The Hall–Kier alpha value is -3.57. The summed E-state index contributed by atoms with van der Waals surface area (Å²) >= 11 is 0. The van der Waals surface area contributed by atoms with E-state index in [9.17, 15) is 18.5 Å². The van der Waals surface area contributed by atoms with Gasteiger partial charge in [-0.2, -0.15) is 9.41 Å². The Morgan fingerprint density at radius 3 is 2.44 bits per heavy atom. The van der Waals surface area contributed by atoms with E-state index >= 15 is 0 Å². The van der Waals surface area contributed by atoms with Crippen molar-refractivity contribution < 1.29 is 13.3 Å². The first-order valence-electron chi connectivity index (χ1n) is 9.95. The predicted molar refractivity (Wildman–Crippen MR) is 123 cm³/mol. The molecule has 1 heterocycles. The number of nitro benzene ring substituents is 1. The van der Waals surface area contributed by atoms with Crippen LogP contribution in [0.4, 0.5) is 11.4 Å². The van der Waals surface area contributed by atoms with Gasteiger partial charge in [0.2, 0.25) is 10.0 Å². The highest BCUT2D eigenvalue weighted by Crippen LogP contribution is 2.29. The number of imidazole rings is 1. The van der Waals surface area contributed by atoms with Crippen molar-refractivity contribution in [3.05, 3.63) is 76.9 Å². The standard InChI is InChI=1S/C21H24N6O4S/c1-4-26(5-2)32(30,31)19-10-11-20(21(14-19)27(28)29)24-23-16(3)17-6-8-18(9-7-17)25-13-12-22-15-25/h6-15,24H,4-5H2,1-3H3. The van der Waals surface area contributed by atoms with Gasteiger partial charge in [-0.25, -0.2) is 13.4 Å². The Morgan fingerprint density at radius 2 is 1.88 bits per heavy atom. The van der Waals surface area contributed by atoms with Gasteiger partial charge in [0.05, 0.1) is 21.9 Å². The quantitative estimate of drug-likeness (QED) is 0.298. The van der Waals surface area contributed by atoms with E-state index < -0.39 is 14.9 Å². The number of aromatic nitrogens is 2. The monoisotopic (exact) mass is 456 g/mol. The third-order valence-electron chi connectivity index (χ3n) is 4.94. The fraction of sp³-hybridized carbons (Fsp3) is 0.238. The summed E-state index contributed by atoms with van der Waals surface area (Å²) in [6, 6.07) is 11.3. The molecule has 0 aliphatic carbocycles. The van der Waals surface area contributed by atoms with Crippen LogP contribution in [0.1, 0.15) is 26.3 Å². The van der Waals surface area contributed by atoms with Crippen molar-refractivity contribution in [1.82, 2.24) is 13.9 Å². The molecule has 0 saturated heterocycles. The van der Waals surface area contributed by atoms with Gasteiger partial charge in [0.25, 0.3) is 5.69 Å². The van der Waals surface area contributed by atoms with Crippen molar-refractivity contribution in [2.45, 2.75) is 25.7 Å². The van der Waals surface area contributed by atoms with Gasteiger partial charge in [0.15, 0.2) is 0 Å². The summed E-state index contributed by atoms with van der Waals surface area (Å²) in [6.45, 7) is 5.74. The maximum Gasteiger partial charge on any atom is 0.295 e. The Morgan fingerprint density at radius 1 is 1.19 bits per heavy atom. The van der Waals surface area contributed by atoms with E-state index in [0.717, 1.165) is 17.3 Å². The van der Waals surface area contributed by atoms with E-state index in [0.29, 0.717) is 5.71 Å². The second-order valence-corrected chi connectivity index (χ2v) is 8.79. The molecule has 11 heteroatoms. The Kier molecular flexibility index (Phi) is 7.01. The van der Waals surface area contributed by atoms with Crippen molar-refractivity contribution in [1.29, 1.82) is 0 Å². The zero-order valence-corrected chi connectivity index (χ0v) is 18.8. The van der Waals surface area contributed by atoms with Crippen LogP contribution in [0.25, 0.3) is 5.69 Å². The molecule has 1 aromatic heterocycles. The van der Waals surface area contributed by atoms with Crippen LogP contribution < -0.4 is 5.43 Å². The average molecular weight is 457 g/mol. The predicted octanol–water partition coefficient (Wildman–Crippen LogP) is 3.65. The van der Waals surface area contributed by atoms with Crippen molar-refractivity contribution in [3.63, 3.8) is 0 Å². The lowest BCUT2D eigenvalue weighted by Crippen LogP contribution is -2.30. The molecule has 3 rings (SSSR count). The number of nitrogens with one attached hydrogen (secondary N) is 1. The summed E-state index contributed by atoms with van der Waals surface area (Å²) in [7, 11) is -3.81. The number of anilines is 1. The van der Waals surface area contributed by atoms with E-state index in [-0.39, 0.29) is 29.4 Å². The first-order chi connectivity index (χ1) is 15.3. The number of rotatable bonds is 9. The van der Waals surface area contributed by atoms with Crippen LogP contribution in [0.15, 0.2) is 71.2 Å². The highest BCUT2D eigenvalue weighted by molar-refractivity contribution is 7.89. The Balaban J connectivity index is 1.85. The molecular weight excluding hydrogens is 432 g/mol. The minimum Gasteiger partial charge on any atom is -0.306 e. The molecular formula is C21H24N6O4S. The number of hydrogen-bond acceptors (Lipinski definition) is 7. The normalized spacial score (nSPS) is 12.2. The number of hydrogen-bond donors (Lipinski definition) is 1. The third-order valence-corrected chi connectivity index (χ3v) is 6.99. The molecule has 168 valence electrons. The van der Waals surface area contributed by atoms with E-state index in [4.69, 9.17) is 0 Å². The largest absolute Gasteiger partial charge is 0.306 e. The van der Waals surface area contributed by atoms with Crippen LogP contribution >= 0.6 is 0 Å². The summed E-state index contributed by atoms with van der Waals surface area (Å²) in [5.41, 5.74) is 4.79. The van der Waals surface area contributed by atoms with Crippen LogP contribution in [-0.4, -0.2) is 46.0 Å². The van der Waals surface area contributed by atoms with E-state index in [1.165, 1.54) is 16.4 Å². The van der Waals surface area contributed by atoms with Crippen LogP contribution in [0, 0.1) is 10.1 Å². The fourth-order valence-corrected chi connectivity index (χ4v) is 4.60. The molecule has 0 aliphatic rings. The number of nitro groups is 1. The van der Waals surface area contributed by atoms with Crippen molar-refractivity contribution in [2.24, 2.45) is 5.10 Å². The summed E-state index contributed by atoms with van der Waals surface area (Å²) in [4.78, 5) is 14.8. The lowest BCUT2D eigenvalue weighted by Gasteiger charge is -2.18. The molecule has 0 atom stereocenters. The second-order valence-electron chi connectivity index (χ2n) is 6.85. The first kappa shape index (κ1) is 23.1. The molecule has 32 heavy (non-hydrogen) atoms. The topological polar surface area (TPSA) is 123 Å². The van der Waals surface area contributed by atoms with Crippen molar-refractivity contribution in [3.8, 4) is 5.69 Å². The Labute approximate surface area is 186 Å². The number of sulfonamides is 1. The minimum atomic E-state index is -3.81. The van der Waals surface area contributed by atoms with Crippen LogP contribution in [0.5, 0.6) is 0 Å². The molecule has 0 unspecified atom stereocenters. The minimum absolute atomic E-state index is 0.0999. The molecule has 0 bridgehead atoms. The van der Waals surface area contributed by atoms with Gasteiger partial charge in [-0.15, -0.1) is 0 Å². The molecule has 0 aliphatic heterocycles. The molecule has 0 amide bonds. The highest BCUT2D eigenvalue weighted by Gasteiger charge is 2.25. The summed E-state index contributed by atoms with van der Waals surface area (Å²) in [5, 5.41) is 15.8. The SMILES string of the molecule is CCN(CC)S(=O)(=O)c1ccc(NN=C(C)c2ccc(-n3ccnc3)cc2)c([N+](=O)[O-])c1. The lowest BCUT2D eigenvalue weighted by molar-refractivity contribution is -0.384. The van der Waals surface area contributed by atoms with Gasteiger partial charge in [-0.3, -0.25) is 15.5 Å².